The number of nitrogens with one attached hydrogen (secondary N) is 2. The molecule has 1 amide bonds. The van der Waals surface area contributed by atoms with Crippen LogP contribution in [0.5, 0.6) is 11.5 Å². The molecule has 0 aliphatic heterocycles. The fourth-order valence-corrected chi connectivity index (χ4v) is 6.55. The van der Waals surface area contributed by atoms with Crippen LogP contribution in [-0.2, 0) is 37.1 Å². The summed E-state index contributed by atoms with van der Waals surface area (Å²) in [5.41, 5.74) is 1.15. The number of benzene rings is 3. The average molecular weight is 737 g/mol. The maximum absolute atomic E-state index is 14.0. The molecule has 3 aromatic rings. The van der Waals surface area contributed by atoms with Crippen molar-refractivity contribution < 1.29 is 55.3 Å². The summed E-state index contributed by atoms with van der Waals surface area (Å²) in [5.74, 6) is -4.64. The summed E-state index contributed by atoms with van der Waals surface area (Å²) < 4.78 is 82.3. The maximum Gasteiger partial charge on any atom is 0.490 e. The van der Waals surface area contributed by atoms with Crippen molar-refractivity contribution in [3.8, 4) is 11.5 Å². The van der Waals surface area contributed by atoms with Gasteiger partial charge in [-0.1, -0.05) is 62.4 Å². The Kier molecular flexibility index (Phi) is 15.3. The second-order valence-corrected chi connectivity index (χ2v) is 14.6. The van der Waals surface area contributed by atoms with E-state index in [0.29, 0.717) is 17.7 Å². The number of halogens is 3. The van der Waals surface area contributed by atoms with Crippen LogP contribution >= 0.6 is 0 Å². The molecule has 0 aliphatic carbocycles. The number of carbonyl (C=O) groups is 3. The highest BCUT2D eigenvalue weighted by Gasteiger charge is 2.44. The number of rotatable bonds is 20. The molecule has 3 N–H and O–H groups in total. The van der Waals surface area contributed by atoms with Gasteiger partial charge >= 0.3 is 18.1 Å². The van der Waals surface area contributed by atoms with Crippen LogP contribution in [0.1, 0.15) is 48.2 Å². The molecule has 0 saturated heterocycles. The molecule has 51 heavy (non-hydrogen) atoms. The van der Waals surface area contributed by atoms with Crippen molar-refractivity contribution in [2.75, 3.05) is 25.2 Å². The van der Waals surface area contributed by atoms with Crippen molar-refractivity contribution in [3.63, 3.8) is 0 Å². The van der Waals surface area contributed by atoms with Crippen LogP contribution in [0.4, 0.5) is 13.2 Å². The number of sulfone groups is 1. The third-order valence-corrected chi connectivity index (χ3v) is 9.44. The smallest absolute Gasteiger partial charge is 0.490 e. The van der Waals surface area contributed by atoms with E-state index in [0.717, 1.165) is 11.6 Å². The number of aromatic carboxylic acids is 1. The summed E-state index contributed by atoms with van der Waals surface area (Å²) in [7, 11) is -2.17. The Labute approximate surface area is 295 Å². The highest BCUT2D eigenvalue weighted by atomic mass is 32.2. The number of esters is 1. The molecule has 11 nitrogen and oxygen atoms in total. The molecule has 3 rings (SSSR count). The summed E-state index contributed by atoms with van der Waals surface area (Å²) in [6.45, 7) is 3.55. The number of amides is 1. The SMILES string of the molecule is COc1cccc(CNC[C@@H](OC(=O)C(F)(F)F)[C@H](Cc2ccccc2)NC(=O)C(CCS(=O)(=O)CCC(C)C)Oc2cccc(C(=O)O)c2)c1. The van der Waals surface area contributed by atoms with Crippen molar-refractivity contribution in [2.45, 2.75) is 64.1 Å². The largest absolute Gasteiger partial charge is 0.497 e. The lowest BCUT2D eigenvalue weighted by Gasteiger charge is -2.30. The summed E-state index contributed by atoms with van der Waals surface area (Å²) in [6.07, 6.45) is -8.49. The Morgan fingerprint density at radius 1 is 0.863 bits per heavy atom. The molecule has 1 unspecified atom stereocenters. The minimum absolute atomic E-state index is 0.0470. The van der Waals surface area contributed by atoms with E-state index in [9.17, 15) is 41.1 Å². The van der Waals surface area contributed by atoms with Gasteiger partial charge in [-0.15, -0.1) is 0 Å². The predicted molar refractivity (Wildman–Crippen MR) is 183 cm³/mol. The fraction of sp³-hybridized carbons (Fsp3) is 0.417. The number of ether oxygens (including phenoxy) is 3. The molecule has 15 heteroatoms. The zero-order chi connectivity index (χ0) is 37.6. The zero-order valence-electron chi connectivity index (χ0n) is 28.5. The normalized spacial score (nSPS) is 13.5. The van der Waals surface area contributed by atoms with Crippen LogP contribution < -0.4 is 20.1 Å². The van der Waals surface area contributed by atoms with Gasteiger partial charge in [0.1, 0.15) is 27.4 Å². The second-order valence-electron chi connectivity index (χ2n) is 12.3. The molecule has 0 radical (unpaired) electrons. The van der Waals surface area contributed by atoms with Gasteiger partial charge < -0.3 is 30.0 Å². The first-order valence-corrected chi connectivity index (χ1v) is 18.0. The van der Waals surface area contributed by atoms with Crippen LogP contribution in [0.2, 0.25) is 0 Å². The Bertz CT molecular complexity index is 1700. The van der Waals surface area contributed by atoms with Gasteiger partial charge in [0, 0.05) is 19.5 Å². The molecule has 0 spiro atoms. The van der Waals surface area contributed by atoms with Crippen LogP contribution in [-0.4, -0.2) is 81.0 Å². The lowest BCUT2D eigenvalue weighted by molar-refractivity contribution is -0.206. The van der Waals surface area contributed by atoms with Crippen molar-refractivity contribution >= 4 is 27.7 Å². The van der Waals surface area contributed by atoms with E-state index in [1.807, 2.05) is 13.8 Å². The van der Waals surface area contributed by atoms with E-state index < -0.39 is 57.9 Å². The average Bonchev–Trinajstić information content (AvgIpc) is 3.08. The lowest BCUT2D eigenvalue weighted by Crippen LogP contribution is -2.54. The molecule has 3 aromatic carbocycles. The first-order chi connectivity index (χ1) is 24.1. The fourth-order valence-electron chi connectivity index (χ4n) is 4.94. The number of carboxylic acid groups (broad SMARTS) is 1. The number of methoxy groups -OCH3 is 1. The van der Waals surface area contributed by atoms with E-state index >= 15 is 0 Å². The van der Waals surface area contributed by atoms with Gasteiger partial charge in [0.05, 0.1) is 30.2 Å². The Hall–Kier alpha value is -4.63. The molecule has 0 fully saturated rings. The quantitative estimate of drug-likeness (QED) is 0.135. The molecule has 3 atom stereocenters. The van der Waals surface area contributed by atoms with Gasteiger partial charge in [-0.05, 0) is 60.2 Å². The van der Waals surface area contributed by atoms with Crippen LogP contribution in [0, 0.1) is 5.92 Å². The summed E-state index contributed by atoms with van der Waals surface area (Å²) in [5, 5.41) is 15.1. The first kappa shape index (κ1) is 40.8. The number of alkyl halides is 3. The molecule has 278 valence electrons. The van der Waals surface area contributed by atoms with Crippen molar-refractivity contribution in [1.82, 2.24) is 10.6 Å². The third-order valence-electron chi connectivity index (χ3n) is 7.72. The topological polar surface area (TPSA) is 157 Å². The number of hydrogen-bond acceptors (Lipinski definition) is 9. The monoisotopic (exact) mass is 736 g/mol. The number of carbonyl (C=O) groups excluding carboxylic acids is 2. The molecule has 0 bridgehead atoms. The van der Waals surface area contributed by atoms with Crippen molar-refractivity contribution in [3.05, 3.63) is 95.6 Å². The van der Waals surface area contributed by atoms with E-state index in [4.69, 9.17) is 14.2 Å². The van der Waals surface area contributed by atoms with Crippen LogP contribution in [0.25, 0.3) is 0 Å². The van der Waals surface area contributed by atoms with Gasteiger partial charge in [-0.2, -0.15) is 13.2 Å². The Morgan fingerprint density at radius 2 is 1.51 bits per heavy atom. The Balaban J connectivity index is 1.95. The van der Waals surface area contributed by atoms with E-state index in [1.165, 1.54) is 25.3 Å². The minimum Gasteiger partial charge on any atom is -0.497 e. The van der Waals surface area contributed by atoms with Crippen LogP contribution in [0.3, 0.4) is 0 Å². The summed E-state index contributed by atoms with van der Waals surface area (Å²) in [4.78, 5) is 37.7. The molecular formula is C36H43F3N2O9S. The number of carboxylic acids is 1. The van der Waals surface area contributed by atoms with Gasteiger partial charge in [0.25, 0.3) is 5.91 Å². The third kappa shape index (κ3) is 14.3. The van der Waals surface area contributed by atoms with Gasteiger partial charge in [0.15, 0.2) is 6.10 Å². The molecular weight excluding hydrogens is 693 g/mol. The highest BCUT2D eigenvalue weighted by molar-refractivity contribution is 7.91. The van der Waals surface area contributed by atoms with Crippen molar-refractivity contribution in [2.24, 2.45) is 5.92 Å². The second kappa shape index (κ2) is 19.1. The molecule has 0 saturated carbocycles. The van der Waals surface area contributed by atoms with E-state index in [2.05, 4.69) is 10.6 Å². The molecule has 0 heterocycles. The van der Waals surface area contributed by atoms with Gasteiger partial charge in [-0.25, -0.2) is 18.0 Å². The highest BCUT2D eigenvalue weighted by Crippen LogP contribution is 2.22. The lowest BCUT2D eigenvalue weighted by atomic mass is 10.00. The van der Waals surface area contributed by atoms with Gasteiger partial charge in [-0.3, -0.25) is 4.79 Å². The number of hydrogen-bond donors (Lipinski definition) is 3. The molecule has 0 aromatic heterocycles. The van der Waals surface area contributed by atoms with Crippen molar-refractivity contribution in [1.29, 1.82) is 0 Å². The first-order valence-electron chi connectivity index (χ1n) is 16.2. The van der Waals surface area contributed by atoms with E-state index in [-0.39, 0.29) is 48.9 Å². The predicted octanol–water partition coefficient (Wildman–Crippen LogP) is 4.98. The minimum atomic E-state index is -5.34. The summed E-state index contributed by atoms with van der Waals surface area (Å²) >= 11 is 0. The standard InChI is InChI=1S/C36H43F3N2O9S/c1-24(2)15-17-51(46,47)18-16-31(49-29-14-8-12-27(21-29)34(43)44)33(42)41-30(20-25-9-5-4-6-10-25)32(50-35(45)36(37,38)39)23-40-22-26-11-7-13-28(19-26)48-3/h4-14,19,21,24,30-32,40H,15-18,20,22-23H2,1-3H3,(H,41,42)(H,43,44)/t30-,31?,32+/m0/s1. The van der Waals surface area contributed by atoms with Gasteiger partial charge in [0.2, 0.25) is 0 Å². The maximum atomic E-state index is 14.0. The van der Waals surface area contributed by atoms with E-state index in [1.54, 1.807) is 54.6 Å². The van der Waals surface area contributed by atoms with Crippen LogP contribution in [0.15, 0.2) is 78.9 Å². The molecule has 0 aliphatic rings. The Morgan fingerprint density at radius 3 is 2.16 bits per heavy atom. The zero-order valence-corrected chi connectivity index (χ0v) is 29.3. The summed E-state index contributed by atoms with van der Waals surface area (Å²) in [6, 6.07) is 19.3.